The summed E-state index contributed by atoms with van der Waals surface area (Å²) in [7, 11) is -1.77. The van der Waals surface area contributed by atoms with Gasteiger partial charge in [0.15, 0.2) is 14.6 Å². The molecule has 0 aromatic rings. The highest BCUT2D eigenvalue weighted by atomic mass is 79.9. The van der Waals surface area contributed by atoms with Gasteiger partial charge >= 0.3 is 0 Å². The van der Waals surface area contributed by atoms with Crippen LogP contribution in [0.25, 0.3) is 0 Å². The summed E-state index contributed by atoms with van der Waals surface area (Å²) in [4.78, 5) is 0. The highest BCUT2D eigenvalue weighted by Crippen LogP contribution is 2.38. The van der Waals surface area contributed by atoms with Gasteiger partial charge in [0.1, 0.15) is 0 Å². The average Bonchev–Trinajstić information content (AvgIpc) is 2.95. The SMILES string of the molecule is CC(C)(C)[Si](C)(C)O[C@H](/C=C/C=C\CBr)CCCC1OCCO1. The third kappa shape index (κ3) is 8.12. The fraction of sp³-hybridized carbons (Fsp3) is 0.778. The minimum atomic E-state index is -1.77. The molecule has 1 aliphatic rings. The number of alkyl halides is 1. The Morgan fingerprint density at radius 2 is 1.87 bits per heavy atom. The maximum Gasteiger partial charge on any atom is 0.192 e. The highest BCUT2D eigenvalue weighted by Gasteiger charge is 2.38. The lowest BCUT2D eigenvalue weighted by Crippen LogP contribution is -2.43. The minimum absolute atomic E-state index is 0.0132. The Kier molecular flexibility index (Phi) is 9.30. The molecular formula is C18H33BrO3Si. The maximum absolute atomic E-state index is 6.57. The second-order valence-electron chi connectivity index (χ2n) is 7.49. The van der Waals surface area contributed by atoms with Crippen LogP contribution < -0.4 is 0 Å². The van der Waals surface area contributed by atoms with Crippen LogP contribution in [0.15, 0.2) is 24.3 Å². The summed E-state index contributed by atoms with van der Waals surface area (Å²) in [6, 6.07) is 0. The number of ether oxygens (including phenoxy) is 2. The molecule has 134 valence electrons. The van der Waals surface area contributed by atoms with Gasteiger partial charge in [0, 0.05) is 5.33 Å². The van der Waals surface area contributed by atoms with E-state index in [4.69, 9.17) is 13.9 Å². The monoisotopic (exact) mass is 404 g/mol. The van der Waals surface area contributed by atoms with Crippen LogP contribution in [0.2, 0.25) is 18.1 Å². The topological polar surface area (TPSA) is 27.7 Å². The van der Waals surface area contributed by atoms with Crippen molar-refractivity contribution in [3.05, 3.63) is 24.3 Å². The Labute approximate surface area is 151 Å². The van der Waals surface area contributed by atoms with Crippen molar-refractivity contribution in [2.24, 2.45) is 0 Å². The summed E-state index contributed by atoms with van der Waals surface area (Å²) in [6.45, 7) is 12.9. The Balaban J connectivity index is 2.56. The zero-order valence-corrected chi connectivity index (χ0v) is 17.9. The first kappa shape index (κ1) is 21.1. The molecule has 0 spiro atoms. The smallest absolute Gasteiger partial charge is 0.192 e. The summed E-state index contributed by atoms with van der Waals surface area (Å²) in [5.41, 5.74) is 0. The third-order valence-corrected chi connectivity index (χ3v) is 9.41. The maximum atomic E-state index is 6.57. The zero-order chi connectivity index (χ0) is 17.3. The molecule has 0 aromatic carbocycles. The normalized spacial score (nSPS) is 19.2. The van der Waals surface area contributed by atoms with Crippen molar-refractivity contribution in [1.82, 2.24) is 0 Å². The molecule has 1 heterocycles. The molecule has 1 rings (SSSR count). The van der Waals surface area contributed by atoms with Gasteiger partial charge in [-0.3, -0.25) is 0 Å². The lowest BCUT2D eigenvalue weighted by molar-refractivity contribution is -0.0488. The summed E-state index contributed by atoms with van der Waals surface area (Å²) < 4.78 is 17.6. The Morgan fingerprint density at radius 3 is 2.43 bits per heavy atom. The first-order valence-corrected chi connectivity index (χ1v) is 12.6. The molecule has 0 aliphatic carbocycles. The van der Waals surface area contributed by atoms with E-state index in [1.54, 1.807) is 0 Å². The molecule has 1 aliphatic heterocycles. The highest BCUT2D eigenvalue weighted by molar-refractivity contribution is 9.09. The van der Waals surface area contributed by atoms with Crippen molar-refractivity contribution >= 4 is 24.2 Å². The molecule has 23 heavy (non-hydrogen) atoms. The molecule has 3 nitrogen and oxygen atoms in total. The molecule has 0 unspecified atom stereocenters. The summed E-state index contributed by atoms with van der Waals surface area (Å²) >= 11 is 3.40. The van der Waals surface area contributed by atoms with Gasteiger partial charge < -0.3 is 13.9 Å². The second kappa shape index (κ2) is 10.1. The fourth-order valence-corrected chi connectivity index (χ4v) is 3.65. The van der Waals surface area contributed by atoms with Gasteiger partial charge in [0.25, 0.3) is 0 Å². The second-order valence-corrected chi connectivity index (χ2v) is 12.9. The first-order chi connectivity index (χ1) is 10.8. The predicted octanol–water partition coefficient (Wildman–Crippen LogP) is 5.43. The molecule has 0 N–H and O–H groups in total. The molecular weight excluding hydrogens is 372 g/mol. The van der Waals surface area contributed by atoms with Gasteiger partial charge in [0.2, 0.25) is 0 Å². The summed E-state index contributed by atoms with van der Waals surface area (Å²) in [5.74, 6) is 0. The van der Waals surface area contributed by atoms with Gasteiger partial charge in [-0.05, 0) is 37.4 Å². The van der Waals surface area contributed by atoms with Crippen molar-refractivity contribution in [2.45, 2.75) is 70.6 Å². The van der Waals surface area contributed by atoms with E-state index in [1.165, 1.54) is 0 Å². The molecule has 1 fully saturated rings. The van der Waals surface area contributed by atoms with E-state index in [9.17, 15) is 0 Å². The Morgan fingerprint density at radius 1 is 1.22 bits per heavy atom. The Bertz CT molecular complexity index is 382. The van der Waals surface area contributed by atoms with Crippen LogP contribution in [-0.4, -0.2) is 39.3 Å². The number of hydrogen-bond donors (Lipinski definition) is 0. The van der Waals surface area contributed by atoms with Gasteiger partial charge in [-0.1, -0.05) is 61.0 Å². The van der Waals surface area contributed by atoms with E-state index in [0.29, 0.717) is 0 Å². The molecule has 0 bridgehead atoms. The van der Waals surface area contributed by atoms with E-state index < -0.39 is 8.32 Å². The van der Waals surface area contributed by atoms with Gasteiger partial charge in [-0.15, -0.1) is 0 Å². The van der Waals surface area contributed by atoms with Gasteiger partial charge in [-0.2, -0.15) is 0 Å². The van der Waals surface area contributed by atoms with Crippen LogP contribution in [-0.2, 0) is 13.9 Å². The standard InChI is InChI=1S/C18H33BrO3Si/c1-18(2,3)23(4,5)22-16(10-7-6-8-13-19)11-9-12-17-20-14-15-21-17/h6-8,10,16-17H,9,11-15H2,1-5H3/b8-6-,10-7+/t16-/m1/s1. The molecule has 0 radical (unpaired) electrons. The number of halogens is 1. The molecule has 1 saturated heterocycles. The minimum Gasteiger partial charge on any atom is -0.411 e. The van der Waals surface area contributed by atoms with E-state index >= 15 is 0 Å². The van der Waals surface area contributed by atoms with Crippen molar-refractivity contribution in [3.63, 3.8) is 0 Å². The average molecular weight is 405 g/mol. The van der Waals surface area contributed by atoms with Crippen molar-refractivity contribution < 1.29 is 13.9 Å². The molecule has 0 aromatic heterocycles. The van der Waals surface area contributed by atoms with Crippen LogP contribution in [0.1, 0.15) is 40.0 Å². The summed E-state index contributed by atoms with van der Waals surface area (Å²) in [6.07, 6.45) is 11.6. The lowest BCUT2D eigenvalue weighted by atomic mass is 10.1. The molecule has 0 amide bonds. The number of hydrogen-bond acceptors (Lipinski definition) is 3. The van der Waals surface area contributed by atoms with E-state index in [0.717, 1.165) is 37.8 Å². The predicted molar refractivity (Wildman–Crippen MR) is 104 cm³/mol. The number of rotatable bonds is 9. The van der Waals surface area contributed by atoms with Gasteiger partial charge in [-0.25, -0.2) is 0 Å². The lowest BCUT2D eigenvalue weighted by Gasteiger charge is -2.38. The summed E-state index contributed by atoms with van der Waals surface area (Å²) in [5, 5.41) is 1.10. The third-order valence-electron chi connectivity index (χ3n) is 4.53. The zero-order valence-electron chi connectivity index (χ0n) is 15.3. The van der Waals surface area contributed by atoms with Crippen LogP contribution >= 0.6 is 15.9 Å². The molecule has 5 heteroatoms. The van der Waals surface area contributed by atoms with Crippen molar-refractivity contribution in [2.75, 3.05) is 18.5 Å². The largest absolute Gasteiger partial charge is 0.411 e. The van der Waals surface area contributed by atoms with Crippen LogP contribution in [0.5, 0.6) is 0 Å². The van der Waals surface area contributed by atoms with Crippen LogP contribution in [0.3, 0.4) is 0 Å². The number of allylic oxidation sites excluding steroid dienone is 3. The van der Waals surface area contributed by atoms with Gasteiger partial charge in [0.05, 0.1) is 19.3 Å². The molecule has 0 saturated carbocycles. The van der Waals surface area contributed by atoms with Crippen molar-refractivity contribution in [1.29, 1.82) is 0 Å². The molecule has 1 atom stereocenters. The van der Waals surface area contributed by atoms with E-state index in [-0.39, 0.29) is 17.4 Å². The fourth-order valence-electron chi connectivity index (χ4n) is 2.13. The van der Waals surface area contributed by atoms with Crippen LogP contribution in [0.4, 0.5) is 0 Å². The Hall–Kier alpha value is 0.0569. The van der Waals surface area contributed by atoms with Crippen LogP contribution in [0, 0.1) is 0 Å². The first-order valence-electron chi connectivity index (χ1n) is 8.56. The quantitative estimate of drug-likeness (QED) is 0.291. The van der Waals surface area contributed by atoms with Crippen molar-refractivity contribution in [3.8, 4) is 0 Å². The van der Waals surface area contributed by atoms with E-state index in [2.05, 4.69) is 74.1 Å². The van der Waals surface area contributed by atoms with E-state index in [1.807, 2.05) is 0 Å².